The van der Waals surface area contributed by atoms with Gasteiger partial charge in [-0.25, -0.2) is 0 Å². The van der Waals surface area contributed by atoms with Crippen LogP contribution in [0.5, 0.6) is 0 Å². The number of carbonyl (C=O) groups is 3. The number of rotatable bonds is 7. The lowest BCUT2D eigenvalue weighted by molar-refractivity contribution is -0.201. The highest BCUT2D eigenvalue weighted by Crippen LogP contribution is 2.40. The van der Waals surface area contributed by atoms with Gasteiger partial charge < -0.3 is 18.9 Å². The Kier molecular flexibility index (Phi) is 8.60. The monoisotopic (exact) mass is 463 g/mol. The molecule has 2 unspecified atom stereocenters. The van der Waals surface area contributed by atoms with Gasteiger partial charge in [0.05, 0.1) is 9.23 Å². The van der Waals surface area contributed by atoms with Gasteiger partial charge in [-0.15, -0.1) is 11.3 Å². The van der Waals surface area contributed by atoms with Crippen molar-refractivity contribution in [3.63, 3.8) is 0 Å². The second-order valence-corrected chi connectivity index (χ2v) is 8.64. The molecule has 10 nitrogen and oxygen atoms in total. The highest BCUT2D eigenvalue weighted by molar-refractivity contribution is 8.01. The minimum absolute atomic E-state index is 0.250. The summed E-state index contributed by atoms with van der Waals surface area (Å²) in [6.45, 7) is 3.34. The average Bonchev–Trinajstić information content (AvgIpc) is 3.02. The van der Waals surface area contributed by atoms with E-state index in [-0.39, 0.29) is 6.61 Å². The number of thioether (sulfide) groups is 1. The van der Waals surface area contributed by atoms with Crippen molar-refractivity contribution in [2.45, 2.75) is 54.8 Å². The zero-order chi connectivity index (χ0) is 21.6. The molecule has 1 saturated heterocycles. The van der Waals surface area contributed by atoms with Crippen LogP contribution in [0.4, 0.5) is 0 Å². The first-order valence-electron chi connectivity index (χ1n) is 8.29. The van der Waals surface area contributed by atoms with Gasteiger partial charge in [0.25, 0.3) is 0 Å². The van der Waals surface area contributed by atoms with Crippen LogP contribution in [0.1, 0.15) is 20.8 Å². The predicted molar refractivity (Wildman–Crippen MR) is 105 cm³/mol. The molecule has 2 rings (SSSR count). The first kappa shape index (κ1) is 23.3. The highest BCUT2D eigenvalue weighted by atomic mass is 35.5. The fraction of sp³-hybridized carbons (Fsp3) is 0.562. The van der Waals surface area contributed by atoms with Crippen molar-refractivity contribution in [1.82, 2.24) is 0 Å². The lowest BCUT2D eigenvalue weighted by atomic mass is 9.97. The highest BCUT2D eigenvalue weighted by Gasteiger charge is 2.50. The van der Waals surface area contributed by atoms with Crippen molar-refractivity contribution in [2.75, 3.05) is 6.61 Å². The van der Waals surface area contributed by atoms with Crippen LogP contribution in [0, 0.1) is 0 Å². The van der Waals surface area contributed by atoms with Crippen molar-refractivity contribution in [3.05, 3.63) is 26.9 Å². The van der Waals surface area contributed by atoms with Crippen LogP contribution >= 0.6 is 34.7 Å². The summed E-state index contributed by atoms with van der Waals surface area (Å²) in [5.41, 5.74) is 8.20. The van der Waals surface area contributed by atoms with Crippen LogP contribution < -0.4 is 0 Å². The lowest BCUT2D eigenvalue weighted by Crippen LogP contribution is -2.59. The number of nitrogens with zero attached hydrogens (tertiary/aromatic N) is 3. The van der Waals surface area contributed by atoms with Crippen molar-refractivity contribution < 1.29 is 33.3 Å². The first-order valence-corrected chi connectivity index (χ1v) is 10.4. The largest absolute Gasteiger partial charge is 0.463 e. The molecular formula is C16H18ClN3O7S2. The average molecular weight is 464 g/mol. The third-order valence-corrected chi connectivity index (χ3v) is 6.24. The van der Waals surface area contributed by atoms with E-state index < -0.39 is 47.7 Å². The summed E-state index contributed by atoms with van der Waals surface area (Å²) in [4.78, 5) is 37.3. The molecule has 0 aromatic carbocycles. The van der Waals surface area contributed by atoms with Gasteiger partial charge in [0.1, 0.15) is 36.4 Å². The fourth-order valence-electron chi connectivity index (χ4n) is 2.64. The van der Waals surface area contributed by atoms with Crippen LogP contribution in [0.15, 0.2) is 20.8 Å². The van der Waals surface area contributed by atoms with E-state index >= 15 is 0 Å². The standard InChI is InChI=1S/C16H18ClN3O7S2/c1-7(21)24-5-11-14(25-8(2)22)13(19-20-18)15(26-9(3)23)16(27-11)29-12-4-10(17)6-28-12/h4,6,11,13-16H,5H2,1-3H3/t11?,13?,14-,15-,16+/m0/s1. The summed E-state index contributed by atoms with van der Waals surface area (Å²) in [7, 11) is 0. The second-order valence-electron chi connectivity index (χ2n) is 5.89. The van der Waals surface area contributed by atoms with Gasteiger partial charge in [-0.1, -0.05) is 28.5 Å². The van der Waals surface area contributed by atoms with E-state index in [9.17, 15) is 14.4 Å². The van der Waals surface area contributed by atoms with Crippen LogP contribution in [0.25, 0.3) is 10.4 Å². The van der Waals surface area contributed by atoms with E-state index in [1.807, 2.05) is 0 Å². The number of carbonyl (C=O) groups excluding carboxylic acids is 3. The molecule has 1 aromatic rings. The van der Waals surface area contributed by atoms with Crippen LogP contribution in [-0.4, -0.2) is 54.3 Å². The van der Waals surface area contributed by atoms with Gasteiger partial charge in [-0.2, -0.15) is 0 Å². The summed E-state index contributed by atoms with van der Waals surface area (Å²) in [5, 5.41) is 5.94. The zero-order valence-electron chi connectivity index (χ0n) is 15.6. The molecule has 0 N–H and O–H groups in total. The molecule has 5 atom stereocenters. The number of ether oxygens (including phenoxy) is 4. The molecule has 0 spiro atoms. The van der Waals surface area contributed by atoms with Gasteiger partial charge in [0, 0.05) is 31.1 Å². The number of hydrogen-bond donors (Lipinski definition) is 0. The lowest BCUT2D eigenvalue weighted by Gasteiger charge is -2.43. The maximum atomic E-state index is 11.7. The van der Waals surface area contributed by atoms with E-state index in [2.05, 4.69) is 10.0 Å². The minimum atomic E-state index is -1.13. The smallest absolute Gasteiger partial charge is 0.303 e. The number of halogens is 1. The van der Waals surface area contributed by atoms with Crippen molar-refractivity contribution in [3.8, 4) is 0 Å². The van der Waals surface area contributed by atoms with Crippen molar-refractivity contribution in [2.24, 2.45) is 5.11 Å². The molecule has 1 aliphatic rings. The topological polar surface area (TPSA) is 137 Å². The number of thiophene rings is 1. The van der Waals surface area contributed by atoms with E-state index in [4.69, 9.17) is 36.1 Å². The van der Waals surface area contributed by atoms with E-state index in [1.165, 1.54) is 43.9 Å². The van der Waals surface area contributed by atoms with Crippen molar-refractivity contribution in [1.29, 1.82) is 0 Å². The molecule has 0 amide bonds. The van der Waals surface area contributed by atoms with E-state index in [0.29, 0.717) is 5.02 Å². The Balaban J connectivity index is 2.40. The van der Waals surface area contributed by atoms with E-state index in [1.54, 1.807) is 11.4 Å². The maximum Gasteiger partial charge on any atom is 0.303 e. The Bertz CT molecular complexity index is 814. The van der Waals surface area contributed by atoms with Crippen LogP contribution in [0.3, 0.4) is 0 Å². The van der Waals surface area contributed by atoms with E-state index in [0.717, 1.165) is 4.21 Å². The fourth-order valence-corrected chi connectivity index (χ4v) is 5.13. The summed E-state index contributed by atoms with van der Waals surface area (Å²) in [5.74, 6) is -1.86. The summed E-state index contributed by atoms with van der Waals surface area (Å²) in [6.07, 6.45) is -3.14. The normalized spacial score (nSPS) is 26.1. The molecule has 1 aromatic heterocycles. The molecular weight excluding hydrogens is 446 g/mol. The zero-order valence-corrected chi connectivity index (χ0v) is 18.0. The van der Waals surface area contributed by atoms with Gasteiger partial charge in [-0.3, -0.25) is 14.4 Å². The Labute approximate surface area is 179 Å². The van der Waals surface area contributed by atoms with Crippen LogP contribution in [-0.2, 0) is 33.3 Å². The Morgan fingerprint density at radius 2 is 1.90 bits per heavy atom. The molecule has 13 heteroatoms. The quantitative estimate of drug-likeness (QED) is 0.197. The molecule has 0 saturated carbocycles. The van der Waals surface area contributed by atoms with Crippen LogP contribution in [0.2, 0.25) is 5.02 Å². The van der Waals surface area contributed by atoms with Gasteiger partial charge in [0.15, 0.2) is 0 Å². The van der Waals surface area contributed by atoms with Gasteiger partial charge in [-0.05, 0) is 11.6 Å². The predicted octanol–water partition coefficient (Wildman–Crippen LogP) is 3.32. The molecule has 1 aliphatic heterocycles. The molecule has 158 valence electrons. The summed E-state index contributed by atoms with van der Waals surface area (Å²) in [6, 6.07) is 0.599. The number of azide groups is 1. The first-order chi connectivity index (χ1) is 13.7. The third kappa shape index (κ3) is 6.79. The van der Waals surface area contributed by atoms with Crippen molar-refractivity contribution >= 4 is 52.6 Å². The van der Waals surface area contributed by atoms with Gasteiger partial charge >= 0.3 is 17.9 Å². The second kappa shape index (κ2) is 10.7. The Hall–Kier alpha value is -1.98. The number of hydrogen-bond acceptors (Lipinski definition) is 10. The molecule has 1 fully saturated rings. The Morgan fingerprint density at radius 3 is 2.41 bits per heavy atom. The number of esters is 3. The third-order valence-electron chi connectivity index (χ3n) is 3.63. The molecule has 29 heavy (non-hydrogen) atoms. The summed E-state index contributed by atoms with van der Waals surface area (Å²) >= 11 is 8.50. The Morgan fingerprint density at radius 1 is 1.24 bits per heavy atom. The SMILES string of the molecule is CC(=O)OCC1O[C@H](Sc2cc(Cl)cs2)[C@@H](OC(C)=O)C(N=[N+]=[N-])[C@H]1OC(C)=O. The molecule has 2 heterocycles. The maximum absolute atomic E-state index is 11.7. The summed E-state index contributed by atoms with van der Waals surface area (Å²) < 4.78 is 22.4. The minimum Gasteiger partial charge on any atom is -0.463 e. The molecule has 0 bridgehead atoms. The van der Waals surface area contributed by atoms with Gasteiger partial charge in [0.2, 0.25) is 0 Å². The molecule has 0 aliphatic carbocycles. The molecule has 0 radical (unpaired) electrons.